The molecule has 1 unspecified atom stereocenters. The lowest BCUT2D eigenvalue weighted by Crippen LogP contribution is -2.53. The van der Waals surface area contributed by atoms with Crippen molar-refractivity contribution in [2.75, 3.05) is 23.0 Å². The van der Waals surface area contributed by atoms with E-state index in [2.05, 4.69) is 5.32 Å². The summed E-state index contributed by atoms with van der Waals surface area (Å²) in [6.45, 7) is 0.403. The number of hydrogen-bond acceptors (Lipinski definition) is 4. The van der Waals surface area contributed by atoms with Crippen LogP contribution in [0.5, 0.6) is 0 Å². The van der Waals surface area contributed by atoms with Crippen LogP contribution in [-0.4, -0.2) is 47.0 Å². The average Bonchev–Trinajstić information content (AvgIpc) is 2.50. The number of benzene rings is 1. The van der Waals surface area contributed by atoms with Crippen LogP contribution in [0.2, 0.25) is 0 Å². The predicted octanol–water partition coefficient (Wildman–Crippen LogP) is 1.26. The zero-order valence-electron chi connectivity index (χ0n) is 12.3. The third-order valence-corrected chi connectivity index (χ3v) is 4.29. The van der Waals surface area contributed by atoms with Gasteiger partial charge in [0.1, 0.15) is 11.9 Å². The number of amides is 2. The molecule has 2 amide bonds. The second-order valence-electron chi connectivity index (χ2n) is 5.09. The van der Waals surface area contributed by atoms with Gasteiger partial charge < -0.3 is 15.3 Å². The second-order valence-corrected chi connectivity index (χ2v) is 6.08. The van der Waals surface area contributed by atoms with Crippen molar-refractivity contribution in [1.82, 2.24) is 5.32 Å². The van der Waals surface area contributed by atoms with Gasteiger partial charge in [-0.05, 0) is 25.0 Å². The molecule has 1 aromatic carbocycles. The zero-order chi connectivity index (χ0) is 16.8. The quantitative estimate of drug-likeness (QED) is 0.814. The Hall–Kier alpha value is -2.09. The Morgan fingerprint density at radius 2 is 2.09 bits per heavy atom. The summed E-state index contributed by atoms with van der Waals surface area (Å²) in [5.74, 6) is -2.43. The van der Waals surface area contributed by atoms with Crippen LogP contribution >= 0.6 is 11.8 Å². The van der Waals surface area contributed by atoms with E-state index < -0.39 is 23.7 Å². The summed E-state index contributed by atoms with van der Waals surface area (Å²) in [6, 6.07) is 5.30. The van der Waals surface area contributed by atoms with E-state index in [1.54, 1.807) is 12.1 Å². The number of para-hydroxylation sites is 1. The van der Waals surface area contributed by atoms with Crippen LogP contribution in [0, 0.1) is 5.82 Å². The first-order valence-corrected chi connectivity index (χ1v) is 8.29. The maximum Gasteiger partial charge on any atom is 0.313 e. The fraction of sp³-hybridized carbons (Fsp3) is 0.400. The van der Waals surface area contributed by atoms with Crippen LogP contribution in [0.3, 0.4) is 0 Å². The highest BCUT2D eigenvalue weighted by Gasteiger charge is 2.31. The Balaban J connectivity index is 1.96. The van der Waals surface area contributed by atoms with Crippen LogP contribution < -0.4 is 10.2 Å². The zero-order valence-corrected chi connectivity index (χ0v) is 13.1. The summed E-state index contributed by atoms with van der Waals surface area (Å²) >= 11 is 0.962. The molecule has 1 aliphatic heterocycles. The van der Waals surface area contributed by atoms with Gasteiger partial charge in [-0.1, -0.05) is 12.1 Å². The maximum atomic E-state index is 13.8. The molecule has 1 atom stereocenters. The number of piperidine rings is 1. The van der Waals surface area contributed by atoms with Gasteiger partial charge in [0.15, 0.2) is 0 Å². The molecule has 0 aromatic heterocycles. The molecule has 6 nitrogen and oxygen atoms in total. The summed E-state index contributed by atoms with van der Waals surface area (Å²) < 4.78 is 13.8. The Labute approximate surface area is 137 Å². The van der Waals surface area contributed by atoms with Gasteiger partial charge >= 0.3 is 5.97 Å². The van der Waals surface area contributed by atoms with Crippen molar-refractivity contribution < 1.29 is 23.9 Å². The monoisotopic (exact) mass is 340 g/mol. The number of carboxylic acids is 1. The highest BCUT2D eigenvalue weighted by Crippen LogP contribution is 2.23. The minimum atomic E-state index is -0.998. The van der Waals surface area contributed by atoms with Crippen molar-refractivity contribution in [2.24, 2.45) is 0 Å². The maximum absolute atomic E-state index is 13.8. The van der Waals surface area contributed by atoms with E-state index >= 15 is 0 Å². The van der Waals surface area contributed by atoms with E-state index in [1.807, 2.05) is 0 Å². The van der Waals surface area contributed by atoms with Crippen molar-refractivity contribution in [2.45, 2.75) is 18.9 Å². The topological polar surface area (TPSA) is 86.7 Å². The molecular formula is C15H17FN2O4S. The number of rotatable bonds is 6. The molecule has 1 fully saturated rings. The molecule has 1 aliphatic rings. The van der Waals surface area contributed by atoms with Crippen molar-refractivity contribution >= 4 is 35.2 Å². The summed E-state index contributed by atoms with van der Waals surface area (Å²) in [5.41, 5.74) is 0.205. The Morgan fingerprint density at radius 1 is 1.35 bits per heavy atom. The van der Waals surface area contributed by atoms with Crippen LogP contribution in [-0.2, 0) is 14.4 Å². The molecule has 1 saturated heterocycles. The SMILES string of the molecule is O=C(O)CSCC(=O)NC1CCCN(c2ccccc2F)C1=O. The first kappa shape index (κ1) is 17.3. The number of nitrogens with zero attached hydrogens (tertiary/aromatic N) is 1. The molecule has 0 saturated carbocycles. The lowest BCUT2D eigenvalue weighted by molar-refractivity contribution is -0.133. The summed E-state index contributed by atoms with van der Waals surface area (Å²) in [6.07, 6.45) is 1.13. The van der Waals surface area contributed by atoms with Crippen molar-refractivity contribution in [3.8, 4) is 0 Å². The molecule has 2 rings (SSSR count). The largest absolute Gasteiger partial charge is 0.481 e. The van der Waals surface area contributed by atoms with Gasteiger partial charge in [-0.3, -0.25) is 14.4 Å². The molecule has 0 aliphatic carbocycles. The van der Waals surface area contributed by atoms with Crippen molar-refractivity contribution in [1.29, 1.82) is 0 Å². The lowest BCUT2D eigenvalue weighted by atomic mass is 10.0. The van der Waals surface area contributed by atoms with Gasteiger partial charge in [0.25, 0.3) is 0 Å². The molecule has 23 heavy (non-hydrogen) atoms. The minimum absolute atomic E-state index is 0.0320. The van der Waals surface area contributed by atoms with Crippen molar-refractivity contribution in [3.05, 3.63) is 30.1 Å². The fourth-order valence-corrected chi connectivity index (χ4v) is 2.93. The van der Waals surface area contributed by atoms with Gasteiger partial charge in [0.2, 0.25) is 11.8 Å². The number of halogens is 1. The van der Waals surface area contributed by atoms with Gasteiger partial charge in [0, 0.05) is 6.54 Å². The summed E-state index contributed by atoms with van der Waals surface area (Å²) in [7, 11) is 0. The Morgan fingerprint density at radius 3 is 2.78 bits per heavy atom. The fourth-order valence-electron chi connectivity index (χ4n) is 2.39. The average molecular weight is 340 g/mol. The molecule has 8 heteroatoms. The molecule has 0 spiro atoms. The Kier molecular flexibility index (Phi) is 5.97. The van der Waals surface area contributed by atoms with E-state index in [9.17, 15) is 18.8 Å². The van der Waals surface area contributed by atoms with E-state index in [0.717, 1.165) is 11.8 Å². The van der Waals surface area contributed by atoms with Crippen LogP contribution in [0.25, 0.3) is 0 Å². The number of carboxylic acid groups (broad SMARTS) is 1. The number of aliphatic carboxylic acids is 1. The van der Waals surface area contributed by atoms with Gasteiger partial charge in [-0.15, -0.1) is 11.8 Å². The van der Waals surface area contributed by atoms with E-state index in [0.29, 0.717) is 19.4 Å². The van der Waals surface area contributed by atoms with Gasteiger partial charge in [0.05, 0.1) is 17.2 Å². The number of anilines is 1. The number of carbonyl (C=O) groups excluding carboxylic acids is 2. The minimum Gasteiger partial charge on any atom is -0.481 e. The normalized spacial score (nSPS) is 17.9. The van der Waals surface area contributed by atoms with E-state index in [4.69, 9.17) is 5.11 Å². The summed E-state index contributed by atoms with van der Waals surface area (Å²) in [5, 5.41) is 11.1. The van der Waals surface area contributed by atoms with Crippen LogP contribution in [0.1, 0.15) is 12.8 Å². The van der Waals surface area contributed by atoms with Gasteiger partial charge in [-0.2, -0.15) is 0 Å². The molecule has 1 heterocycles. The predicted molar refractivity (Wildman–Crippen MR) is 84.9 cm³/mol. The van der Waals surface area contributed by atoms with Gasteiger partial charge in [-0.25, -0.2) is 4.39 Å². The standard InChI is InChI=1S/C15H17FN2O4S/c16-10-4-1-2-6-12(10)18-7-3-5-11(15(18)22)17-13(19)8-23-9-14(20)21/h1-2,4,6,11H,3,5,7-9H2,(H,17,19)(H,20,21). The van der Waals surface area contributed by atoms with E-state index in [-0.39, 0.29) is 23.1 Å². The van der Waals surface area contributed by atoms with Crippen LogP contribution in [0.4, 0.5) is 10.1 Å². The third-order valence-electron chi connectivity index (χ3n) is 3.38. The molecule has 1 aromatic rings. The summed E-state index contributed by atoms with van der Waals surface area (Å²) in [4.78, 5) is 36.0. The molecule has 2 N–H and O–H groups in total. The number of carbonyl (C=O) groups is 3. The second kappa shape index (κ2) is 7.96. The molecular weight excluding hydrogens is 323 g/mol. The first-order valence-electron chi connectivity index (χ1n) is 7.14. The third kappa shape index (κ3) is 4.69. The lowest BCUT2D eigenvalue weighted by Gasteiger charge is -2.32. The molecule has 124 valence electrons. The van der Waals surface area contributed by atoms with E-state index in [1.165, 1.54) is 17.0 Å². The number of nitrogens with one attached hydrogen (secondary N) is 1. The first-order chi connectivity index (χ1) is 11.0. The van der Waals surface area contributed by atoms with Crippen LogP contribution in [0.15, 0.2) is 24.3 Å². The Bertz CT molecular complexity index is 611. The smallest absolute Gasteiger partial charge is 0.313 e. The highest BCUT2D eigenvalue weighted by atomic mass is 32.2. The molecule has 0 radical (unpaired) electrons. The highest BCUT2D eigenvalue weighted by molar-refractivity contribution is 8.00. The van der Waals surface area contributed by atoms with Crippen molar-refractivity contribution in [3.63, 3.8) is 0 Å². The molecule has 0 bridgehead atoms. The number of thioether (sulfide) groups is 1. The number of hydrogen-bond donors (Lipinski definition) is 2.